The maximum atomic E-state index is 12.8. The number of hydrazone groups is 1. The first-order valence-electron chi connectivity index (χ1n) is 7.77. The number of amides is 1. The Hall–Kier alpha value is -2.19. The van der Waals surface area contributed by atoms with Crippen molar-refractivity contribution in [1.29, 1.82) is 0 Å². The number of thioether (sulfide) groups is 1. The van der Waals surface area contributed by atoms with Gasteiger partial charge in [-0.2, -0.15) is 0 Å². The summed E-state index contributed by atoms with van der Waals surface area (Å²) in [6, 6.07) is 9.52. The normalized spacial score (nSPS) is 18.7. The Morgan fingerprint density at radius 1 is 1.28 bits per heavy atom. The molecule has 0 bridgehead atoms. The third kappa shape index (κ3) is 2.96. The number of nitrogens with one attached hydrogen (secondary N) is 1. The van der Waals surface area contributed by atoms with Crippen LogP contribution in [0.1, 0.15) is 18.7 Å². The molecule has 3 heterocycles. The fourth-order valence-electron chi connectivity index (χ4n) is 2.81. The zero-order valence-corrected chi connectivity index (χ0v) is 15.7. The van der Waals surface area contributed by atoms with Gasteiger partial charge in [-0.15, -0.1) is 5.10 Å². The fraction of sp³-hybridized carbons (Fsp3) is 0.176. The Balaban J connectivity index is 1.98. The summed E-state index contributed by atoms with van der Waals surface area (Å²) in [6.45, 7) is 2.02. The summed E-state index contributed by atoms with van der Waals surface area (Å²) in [5.41, 5.74) is 1.44. The molecular formula is C17H14BrN5OS. The minimum absolute atomic E-state index is 0.167. The van der Waals surface area contributed by atoms with Gasteiger partial charge in [-0.3, -0.25) is 20.1 Å². The molecule has 126 valence electrons. The first-order valence-corrected chi connectivity index (χ1v) is 9.55. The van der Waals surface area contributed by atoms with Gasteiger partial charge in [0, 0.05) is 27.6 Å². The molecule has 1 aromatic heterocycles. The molecule has 1 aromatic carbocycles. The number of halogens is 1. The summed E-state index contributed by atoms with van der Waals surface area (Å²) in [4.78, 5) is 21.7. The minimum Gasteiger partial charge on any atom is -0.298 e. The van der Waals surface area contributed by atoms with Crippen molar-refractivity contribution in [3.63, 3.8) is 0 Å². The summed E-state index contributed by atoms with van der Waals surface area (Å²) in [6.07, 6.45) is 3.04. The van der Waals surface area contributed by atoms with Crippen molar-refractivity contribution < 1.29 is 4.79 Å². The van der Waals surface area contributed by atoms with Crippen LogP contribution in [-0.4, -0.2) is 26.8 Å². The molecule has 1 atom stereocenters. The number of hydrogen-bond acceptors (Lipinski definition) is 6. The van der Waals surface area contributed by atoms with Gasteiger partial charge < -0.3 is 0 Å². The van der Waals surface area contributed by atoms with Crippen LogP contribution >= 0.6 is 27.7 Å². The number of aromatic nitrogens is 1. The number of carbonyl (C=O) groups is 1. The van der Waals surface area contributed by atoms with Crippen LogP contribution in [0.2, 0.25) is 0 Å². The van der Waals surface area contributed by atoms with Crippen LogP contribution in [0.5, 0.6) is 0 Å². The Morgan fingerprint density at radius 3 is 2.84 bits per heavy atom. The third-order valence-corrected chi connectivity index (χ3v) is 5.09. The molecule has 2 aromatic rings. The molecule has 0 radical (unpaired) electrons. The molecule has 8 heteroatoms. The van der Waals surface area contributed by atoms with Crippen molar-refractivity contribution in [2.24, 2.45) is 10.1 Å². The van der Waals surface area contributed by atoms with E-state index in [9.17, 15) is 4.79 Å². The lowest BCUT2D eigenvalue weighted by atomic mass is 10.1. The summed E-state index contributed by atoms with van der Waals surface area (Å²) >= 11 is 4.96. The lowest BCUT2D eigenvalue weighted by Gasteiger charge is -2.34. The lowest BCUT2D eigenvalue weighted by molar-refractivity contribution is -0.116. The molecule has 4 rings (SSSR count). The number of fused-ring (bicyclic) bond motifs is 2. The summed E-state index contributed by atoms with van der Waals surface area (Å²) in [5.74, 6) is 0.654. The Morgan fingerprint density at radius 2 is 2.08 bits per heavy atom. The van der Waals surface area contributed by atoms with Gasteiger partial charge >= 0.3 is 0 Å². The maximum absolute atomic E-state index is 12.8. The molecule has 2 aliphatic rings. The molecule has 0 saturated carbocycles. The van der Waals surface area contributed by atoms with Crippen molar-refractivity contribution in [3.05, 3.63) is 63.3 Å². The van der Waals surface area contributed by atoms with Crippen molar-refractivity contribution >= 4 is 44.5 Å². The highest BCUT2D eigenvalue weighted by atomic mass is 79.9. The highest BCUT2D eigenvalue weighted by molar-refractivity contribution is 9.10. The van der Waals surface area contributed by atoms with E-state index in [-0.39, 0.29) is 5.91 Å². The van der Waals surface area contributed by atoms with E-state index in [1.165, 1.54) is 11.8 Å². The van der Waals surface area contributed by atoms with E-state index in [2.05, 4.69) is 31.3 Å². The molecule has 6 nitrogen and oxygen atoms in total. The third-order valence-electron chi connectivity index (χ3n) is 3.86. The number of amidine groups is 1. The minimum atomic E-state index is -0.398. The molecule has 1 amide bonds. The Bertz CT molecular complexity index is 992. The first-order chi connectivity index (χ1) is 12.2. The molecular weight excluding hydrogens is 402 g/mol. The molecule has 0 fully saturated rings. The largest absolute Gasteiger partial charge is 0.298 e. The number of rotatable bonds is 2. The van der Waals surface area contributed by atoms with E-state index in [1.54, 1.807) is 17.4 Å². The molecule has 0 saturated heterocycles. The smallest absolute Gasteiger partial charge is 0.276 e. The molecule has 0 spiro atoms. The van der Waals surface area contributed by atoms with E-state index >= 15 is 0 Å². The molecule has 25 heavy (non-hydrogen) atoms. The van der Waals surface area contributed by atoms with Crippen LogP contribution in [0.25, 0.3) is 5.70 Å². The van der Waals surface area contributed by atoms with Gasteiger partial charge in [0.15, 0.2) is 11.3 Å². The Kier molecular flexibility index (Phi) is 4.30. The molecule has 0 unspecified atom stereocenters. The van der Waals surface area contributed by atoms with Crippen LogP contribution in [0.4, 0.5) is 0 Å². The van der Waals surface area contributed by atoms with Crippen molar-refractivity contribution in [2.75, 3.05) is 5.75 Å². The van der Waals surface area contributed by atoms with E-state index in [0.717, 1.165) is 26.4 Å². The van der Waals surface area contributed by atoms with Gasteiger partial charge in [-0.1, -0.05) is 34.6 Å². The van der Waals surface area contributed by atoms with Crippen LogP contribution in [0.15, 0.2) is 57.3 Å². The number of pyridine rings is 1. The molecule has 1 N–H and O–H groups in total. The fourth-order valence-corrected chi connectivity index (χ4v) is 3.75. The van der Waals surface area contributed by atoms with Gasteiger partial charge in [0.05, 0.1) is 5.36 Å². The van der Waals surface area contributed by atoms with Crippen LogP contribution in [0.3, 0.4) is 0 Å². The van der Waals surface area contributed by atoms with Gasteiger partial charge in [0.1, 0.15) is 5.70 Å². The summed E-state index contributed by atoms with van der Waals surface area (Å²) in [7, 11) is 0. The van der Waals surface area contributed by atoms with Crippen LogP contribution < -0.4 is 15.9 Å². The zero-order valence-electron chi connectivity index (χ0n) is 13.3. The van der Waals surface area contributed by atoms with Gasteiger partial charge in [0.2, 0.25) is 0 Å². The topological polar surface area (TPSA) is 70.0 Å². The molecule has 0 aliphatic carbocycles. The van der Waals surface area contributed by atoms with Gasteiger partial charge in [-0.05, 0) is 36.1 Å². The van der Waals surface area contributed by atoms with Crippen molar-refractivity contribution in [3.8, 4) is 0 Å². The van der Waals surface area contributed by atoms with E-state index < -0.39 is 6.17 Å². The lowest BCUT2D eigenvalue weighted by Crippen LogP contribution is -2.50. The number of nitrogens with zero attached hydrogens (tertiary/aromatic N) is 4. The van der Waals surface area contributed by atoms with Gasteiger partial charge in [-0.25, -0.2) is 5.01 Å². The van der Waals surface area contributed by atoms with E-state index in [1.807, 2.05) is 37.3 Å². The SMILES string of the molecule is CCSC1=NN2C(=c3cc(Br)ccc3=N[C@@H]2c2ccncc2)C(=O)N1. The highest BCUT2D eigenvalue weighted by Gasteiger charge is 2.34. The second-order valence-electron chi connectivity index (χ2n) is 5.43. The zero-order chi connectivity index (χ0) is 17.4. The number of benzene rings is 1. The quantitative estimate of drug-likeness (QED) is 0.810. The first kappa shape index (κ1) is 16.3. The number of carbonyl (C=O) groups excluding carboxylic acids is 1. The maximum Gasteiger partial charge on any atom is 0.276 e. The van der Waals surface area contributed by atoms with Crippen molar-refractivity contribution in [1.82, 2.24) is 15.3 Å². The standard InChI is InChI=1S/C17H14BrN5OS/c1-2-25-17-21-16(24)14-12-9-11(18)3-4-13(12)20-15(23(14)22-17)10-5-7-19-8-6-10/h3-9,15H,2H2,1H3,(H,21,22,24)/t15-/m0/s1. The van der Waals surface area contributed by atoms with Crippen molar-refractivity contribution in [2.45, 2.75) is 13.1 Å². The predicted octanol–water partition coefficient (Wildman–Crippen LogP) is 1.74. The van der Waals surface area contributed by atoms with E-state index in [0.29, 0.717) is 10.9 Å². The second-order valence-corrected chi connectivity index (χ2v) is 7.60. The van der Waals surface area contributed by atoms with E-state index in [4.69, 9.17) is 4.99 Å². The van der Waals surface area contributed by atoms with Crippen LogP contribution in [0, 0.1) is 0 Å². The summed E-state index contributed by atoms with van der Waals surface area (Å²) in [5, 5.41) is 11.4. The second kappa shape index (κ2) is 6.61. The average Bonchev–Trinajstić information content (AvgIpc) is 2.62. The van der Waals surface area contributed by atoms with Crippen LogP contribution in [-0.2, 0) is 4.79 Å². The Labute approximate surface area is 156 Å². The number of hydrogen-bond donors (Lipinski definition) is 1. The highest BCUT2D eigenvalue weighted by Crippen LogP contribution is 2.30. The monoisotopic (exact) mass is 415 g/mol. The summed E-state index contributed by atoms with van der Waals surface area (Å²) < 4.78 is 0.891. The van der Waals surface area contributed by atoms with Gasteiger partial charge in [0.25, 0.3) is 5.91 Å². The predicted molar refractivity (Wildman–Crippen MR) is 101 cm³/mol. The molecule has 2 aliphatic heterocycles. The average molecular weight is 416 g/mol.